The van der Waals surface area contributed by atoms with Crippen LogP contribution in [0.2, 0.25) is 36.3 Å². The van der Waals surface area contributed by atoms with Crippen molar-refractivity contribution in [1.82, 2.24) is 9.55 Å². The van der Waals surface area contributed by atoms with Gasteiger partial charge in [0.1, 0.15) is 11.8 Å². The topological polar surface area (TPSA) is 82.5 Å². The van der Waals surface area contributed by atoms with Crippen LogP contribution in [0, 0.1) is 0 Å². The summed E-state index contributed by atoms with van der Waals surface area (Å²) in [6.07, 6.45) is 3.53. The summed E-state index contributed by atoms with van der Waals surface area (Å²) in [5, 5.41) is 0.0616. The molecule has 0 unspecified atom stereocenters. The minimum Gasteiger partial charge on any atom is -0.414 e. The molecule has 1 aromatic rings. The molecule has 0 aromatic carbocycles. The van der Waals surface area contributed by atoms with Gasteiger partial charge in [-0.3, -0.25) is 14.3 Å². The van der Waals surface area contributed by atoms with Gasteiger partial charge in [-0.05, 0) is 42.7 Å². The molecule has 2 rings (SSSR count). The first-order chi connectivity index (χ1) is 14.9. The summed E-state index contributed by atoms with van der Waals surface area (Å²) >= 11 is 0. The van der Waals surface area contributed by atoms with E-state index in [9.17, 15) is 9.59 Å². The van der Waals surface area contributed by atoms with Crippen LogP contribution in [0.3, 0.4) is 0 Å². The normalized spacial score (nSPS) is 24.8. The van der Waals surface area contributed by atoms with E-state index in [1.807, 2.05) is 6.08 Å². The van der Waals surface area contributed by atoms with Crippen LogP contribution in [0.1, 0.15) is 60.6 Å². The molecule has 188 valence electrons. The summed E-state index contributed by atoms with van der Waals surface area (Å²) in [5.74, 6) is 0. The van der Waals surface area contributed by atoms with Crippen molar-refractivity contribution in [2.75, 3.05) is 6.61 Å². The van der Waals surface area contributed by atoms with Crippen LogP contribution in [0.25, 0.3) is 0 Å². The molecule has 1 saturated heterocycles. The van der Waals surface area contributed by atoms with Crippen molar-refractivity contribution >= 4 is 16.6 Å². The second-order valence-corrected chi connectivity index (χ2v) is 21.9. The molecule has 1 aromatic heterocycles. The van der Waals surface area contributed by atoms with Gasteiger partial charge in [-0.15, -0.1) is 6.58 Å². The molecule has 1 N–H and O–H groups in total. The van der Waals surface area contributed by atoms with Crippen LogP contribution >= 0.6 is 0 Å². The number of hydrogen-bond donors (Lipinski definition) is 1. The summed E-state index contributed by atoms with van der Waals surface area (Å²) < 4.78 is 21.7. The average molecular weight is 497 g/mol. The lowest BCUT2D eigenvalue weighted by Crippen LogP contribution is -2.54. The molecule has 0 aliphatic carbocycles. The van der Waals surface area contributed by atoms with Gasteiger partial charge in [-0.2, -0.15) is 0 Å². The van der Waals surface area contributed by atoms with Gasteiger partial charge in [0.05, 0.1) is 12.7 Å². The van der Waals surface area contributed by atoms with Crippen molar-refractivity contribution < 1.29 is 13.6 Å². The Balaban J connectivity index is 2.50. The Bertz CT molecular complexity index is 955. The molecule has 1 fully saturated rings. The number of hydrogen-bond acceptors (Lipinski definition) is 5. The third-order valence-corrected chi connectivity index (χ3v) is 16.7. The van der Waals surface area contributed by atoms with Gasteiger partial charge in [0, 0.05) is 18.7 Å². The molecule has 3 atom stereocenters. The number of nitrogens with zero attached hydrogens (tertiary/aromatic N) is 1. The summed E-state index contributed by atoms with van der Waals surface area (Å²) in [7, 11) is -4.22. The van der Waals surface area contributed by atoms with Crippen molar-refractivity contribution in [2.24, 2.45) is 0 Å². The van der Waals surface area contributed by atoms with Gasteiger partial charge in [0.15, 0.2) is 16.6 Å². The molecule has 2 heterocycles. The fourth-order valence-corrected chi connectivity index (χ4v) is 5.85. The SMILES string of the molecule is C=CC[C@]1(CO[Si](C)(C)C(C)(C)C)O[C@@H](n2ccc(=O)[nH]c2=O)C[C@@H]1O[Si](C)(C)C(C)(C)C. The van der Waals surface area contributed by atoms with Gasteiger partial charge < -0.3 is 13.6 Å². The van der Waals surface area contributed by atoms with E-state index in [0.29, 0.717) is 19.4 Å². The van der Waals surface area contributed by atoms with E-state index < -0.39 is 39.7 Å². The number of ether oxygens (including phenoxy) is 1. The van der Waals surface area contributed by atoms with E-state index in [-0.39, 0.29) is 16.2 Å². The van der Waals surface area contributed by atoms with E-state index in [1.165, 1.54) is 16.8 Å². The van der Waals surface area contributed by atoms with Crippen LogP contribution in [0.4, 0.5) is 0 Å². The van der Waals surface area contributed by atoms with Crippen LogP contribution in [-0.4, -0.2) is 44.5 Å². The Morgan fingerprint density at radius 2 is 1.73 bits per heavy atom. The second kappa shape index (κ2) is 9.41. The maximum absolute atomic E-state index is 12.5. The molecule has 1 aliphatic heterocycles. The van der Waals surface area contributed by atoms with Gasteiger partial charge >= 0.3 is 5.69 Å². The van der Waals surface area contributed by atoms with E-state index >= 15 is 0 Å². The molecule has 1 aliphatic rings. The Morgan fingerprint density at radius 3 is 2.21 bits per heavy atom. The lowest BCUT2D eigenvalue weighted by Gasteiger charge is -2.45. The van der Waals surface area contributed by atoms with E-state index in [0.717, 1.165) is 0 Å². The molecule has 0 bridgehead atoms. The molecule has 0 spiro atoms. The molecule has 0 radical (unpaired) electrons. The molecular weight excluding hydrogens is 452 g/mol. The summed E-state index contributed by atoms with van der Waals surface area (Å²) in [4.78, 5) is 26.5. The molecular formula is C24H44N2O5Si2. The van der Waals surface area contributed by atoms with Gasteiger partial charge in [-0.25, -0.2) is 4.79 Å². The lowest BCUT2D eigenvalue weighted by molar-refractivity contribution is -0.121. The van der Waals surface area contributed by atoms with Crippen molar-refractivity contribution in [1.29, 1.82) is 0 Å². The highest BCUT2D eigenvalue weighted by Gasteiger charge is 2.54. The van der Waals surface area contributed by atoms with Crippen molar-refractivity contribution in [3.05, 3.63) is 45.8 Å². The summed E-state index contributed by atoms with van der Waals surface area (Å²) in [6, 6.07) is 1.34. The molecule has 9 heteroatoms. The average Bonchev–Trinajstić information content (AvgIpc) is 2.96. The standard InChI is InChI=1S/C24H44N2O5Si2/c1-12-14-24(17-29-32(8,9)22(2,3)4)18(31-33(10,11)23(5,6)7)16-20(30-24)26-15-13-19(27)25-21(26)28/h12-13,15,18,20H,1,14,16-17H2,2-11H3,(H,25,27,28)/t18-,20+,24+/m0/s1. The monoisotopic (exact) mass is 496 g/mol. The predicted molar refractivity (Wildman–Crippen MR) is 139 cm³/mol. The highest BCUT2D eigenvalue weighted by molar-refractivity contribution is 6.74. The zero-order chi connectivity index (χ0) is 25.5. The first-order valence-electron chi connectivity index (χ1n) is 11.8. The molecule has 0 amide bonds. The maximum Gasteiger partial charge on any atom is 0.330 e. The highest BCUT2D eigenvalue weighted by atomic mass is 28.4. The van der Waals surface area contributed by atoms with Crippen LogP contribution < -0.4 is 11.2 Å². The fraction of sp³-hybridized carbons (Fsp3) is 0.750. The zero-order valence-corrected chi connectivity index (χ0v) is 24.2. The number of H-pyrrole nitrogens is 1. The van der Waals surface area contributed by atoms with E-state index in [4.69, 9.17) is 13.6 Å². The van der Waals surface area contributed by atoms with Crippen molar-refractivity contribution in [2.45, 2.75) is 109 Å². The minimum atomic E-state index is -2.16. The first-order valence-corrected chi connectivity index (χ1v) is 17.6. The Hall–Kier alpha value is -1.27. The largest absolute Gasteiger partial charge is 0.414 e. The summed E-state index contributed by atoms with van der Waals surface area (Å²) in [6.45, 7) is 26.5. The van der Waals surface area contributed by atoms with Crippen molar-refractivity contribution in [3.63, 3.8) is 0 Å². The second-order valence-electron chi connectivity index (χ2n) is 12.3. The Morgan fingerprint density at radius 1 is 1.15 bits per heavy atom. The minimum absolute atomic E-state index is 0.0140. The van der Waals surface area contributed by atoms with Crippen LogP contribution in [0.5, 0.6) is 0 Å². The molecule has 0 saturated carbocycles. The van der Waals surface area contributed by atoms with E-state index in [1.54, 1.807) is 0 Å². The van der Waals surface area contributed by atoms with Gasteiger partial charge in [-0.1, -0.05) is 47.6 Å². The van der Waals surface area contributed by atoms with E-state index in [2.05, 4.69) is 79.3 Å². The van der Waals surface area contributed by atoms with Gasteiger partial charge in [0.2, 0.25) is 0 Å². The third kappa shape index (κ3) is 6.06. The third-order valence-electron chi connectivity index (χ3n) is 7.75. The number of aromatic nitrogens is 2. The molecule has 7 nitrogen and oxygen atoms in total. The van der Waals surface area contributed by atoms with Crippen molar-refractivity contribution in [3.8, 4) is 0 Å². The fourth-order valence-electron chi connectivity index (χ4n) is 3.43. The number of aromatic amines is 1. The quantitative estimate of drug-likeness (QED) is 0.396. The first kappa shape index (κ1) is 28.0. The van der Waals surface area contributed by atoms with Gasteiger partial charge in [0.25, 0.3) is 5.56 Å². The Kier molecular flexibility index (Phi) is 7.98. The van der Waals surface area contributed by atoms with Crippen LogP contribution in [-0.2, 0) is 13.6 Å². The smallest absolute Gasteiger partial charge is 0.330 e. The van der Waals surface area contributed by atoms with Crippen LogP contribution in [0.15, 0.2) is 34.5 Å². The highest BCUT2D eigenvalue weighted by Crippen LogP contribution is 2.47. The predicted octanol–water partition coefficient (Wildman–Crippen LogP) is 5.18. The number of nitrogens with one attached hydrogen (secondary N) is 1. The Labute approximate surface area is 200 Å². The summed E-state index contributed by atoms with van der Waals surface area (Å²) in [5.41, 5.74) is -1.69. The maximum atomic E-state index is 12.5. The zero-order valence-electron chi connectivity index (χ0n) is 22.2. The number of rotatable bonds is 8. The lowest BCUT2D eigenvalue weighted by atomic mass is 9.94. The molecule has 33 heavy (non-hydrogen) atoms.